The number of halogens is 2. The summed E-state index contributed by atoms with van der Waals surface area (Å²) in [7, 11) is 0. The fourth-order valence-electron chi connectivity index (χ4n) is 3.94. The molecular weight excluding hydrogens is 327 g/mol. The van der Waals surface area contributed by atoms with Gasteiger partial charge < -0.3 is 10.2 Å². The van der Waals surface area contributed by atoms with Gasteiger partial charge in [-0.05, 0) is 61.8 Å². The number of rotatable bonds is 1. The first-order valence-corrected chi connectivity index (χ1v) is 8.56. The quantitative estimate of drug-likeness (QED) is 0.854. The summed E-state index contributed by atoms with van der Waals surface area (Å²) in [6.07, 6.45) is 1.89. The monoisotopic (exact) mass is 344 g/mol. The Bertz CT molecular complexity index is 802. The van der Waals surface area contributed by atoms with Gasteiger partial charge in [0.25, 0.3) is 5.91 Å². The Balaban J connectivity index is 1.79. The van der Waals surface area contributed by atoms with E-state index in [0.29, 0.717) is 11.6 Å². The van der Waals surface area contributed by atoms with Crippen LogP contribution in [-0.2, 0) is 5.41 Å². The lowest BCUT2D eigenvalue weighted by molar-refractivity contribution is 0.0979. The van der Waals surface area contributed by atoms with Crippen molar-refractivity contribution in [2.24, 2.45) is 0 Å². The van der Waals surface area contributed by atoms with Crippen LogP contribution < -0.4 is 10.2 Å². The van der Waals surface area contributed by atoms with Crippen molar-refractivity contribution < 1.29 is 9.18 Å². The fourth-order valence-corrected chi connectivity index (χ4v) is 4.11. The van der Waals surface area contributed by atoms with Crippen molar-refractivity contribution in [3.63, 3.8) is 0 Å². The van der Waals surface area contributed by atoms with E-state index in [0.717, 1.165) is 37.2 Å². The van der Waals surface area contributed by atoms with Gasteiger partial charge in [-0.2, -0.15) is 0 Å². The highest BCUT2D eigenvalue weighted by Crippen LogP contribution is 2.47. The van der Waals surface area contributed by atoms with Crippen LogP contribution in [0.2, 0.25) is 5.02 Å². The first kappa shape index (κ1) is 15.6. The van der Waals surface area contributed by atoms with Gasteiger partial charge in [0.05, 0.1) is 5.56 Å². The van der Waals surface area contributed by atoms with Crippen molar-refractivity contribution in [1.29, 1.82) is 0 Å². The zero-order chi connectivity index (χ0) is 16.7. The van der Waals surface area contributed by atoms with Crippen LogP contribution in [-0.4, -0.2) is 25.5 Å². The average Bonchev–Trinajstić information content (AvgIpc) is 2.89. The second-order valence-electron chi connectivity index (χ2n) is 6.56. The molecule has 4 rings (SSSR count). The van der Waals surface area contributed by atoms with Gasteiger partial charge in [-0.1, -0.05) is 23.7 Å². The topological polar surface area (TPSA) is 32.3 Å². The van der Waals surface area contributed by atoms with Crippen molar-refractivity contribution in [1.82, 2.24) is 5.32 Å². The summed E-state index contributed by atoms with van der Waals surface area (Å²) in [6.45, 7) is 2.40. The van der Waals surface area contributed by atoms with Gasteiger partial charge in [-0.25, -0.2) is 4.39 Å². The number of fused-ring (bicyclic) bond motifs is 2. The lowest BCUT2D eigenvalue weighted by Crippen LogP contribution is -2.44. The van der Waals surface area contributed by atoms with Crippen molar-refractivity contribution in [2.45, 2.75) is 18.3 Å². The Kier molecular flexibility index (Phi) is 3.82. The number of amides is 1. The maximum atomic E-state index is 14.1. The van der Waals surface area contributed by atoms with Crippen molar-refractivity contribution in [2.75, 3.05) is 24.5 Å². The Morgan fingerprint density at radius 2 is 1.92 bits per heavy atom. The van der Waals surface area contributed by atoms with Crippen LogP contribution in [0.5, 0.6) is 0 Å². The molecule has 2 aromatic rings. The smallest absolute Gasteiger partial charge is 0.261 e. The van der Waals surface area contributed by atoms with E-state index in [2.05, 4.69) is 5.32 Å². The summed E-state index contributed by atoms with van der Waals surface area (Å²) in [5.41, 5.74) is 1.99. The summed E-state index contributed by atoms with van der Waals surface area (Å²) in [4.78, 5) is 14.7. The predicted octanol–water partition coefficient (Wildman–Crippen LogP) is 3.76. The first-order chi connectivity index (χ1) is 11.6. The lowest BCUT2D eigenvalue weighted by atomic mass is 9.75. The van der Waals surface area contributed by atoms with Gasteiger partial charge in [0.1, 0.15) is 5.82 Å². The van der Waals surface area contributed by atoms with E-state index in [9.17, 15) is 9.18 Å². The minimum atomic E-state index is -0.482. The van der Waals surface area contributed by atoms with E-state index < -0.39 is 5.82 Å². The van der Waals surface area contributed by atoms with E-state index in [-0.39, 0.29) is 16.9 Å². The van der Waals surface area contributed by atoms with Crippen LogP contribution in [0.25, 0.3) is 0 Å². The zero-order valence-electron chi connectivity index (χ0n) is 13.2. The minimum absolute atomic E-state index is 0.0909. The molecule has 2 aromatic carbocycles. The number of carbonyl (C=O) groups is 1. The van der Waals surface area contributed by atoms with E-state index >= 15 is 0 Å². The largest absolute Gasteiger partial charge is 0.317 e. The molecule has 1 N–H and O–H groups in total. The molecule has 0 aromatic heterocycles. The molecule has 24 heavy (non-hydrogen) atoms. The number of benzene rings is 2. The number of nitrogens with one attached hydrogen (secondary N) is 1. The zero-order valence-corrected chi connectivity index (χ0v) is 13.9. The lowest BCUT2D eigenvalue weighted by Gasteiger charge is -2.34. The molecule has 1 fully saturated rings. The second-order valence-corrected chi connectivity index (χ2v) is 7.00. The second kappa shape index (κ2) is 5.87. The van der Waals surface area contributed by atoms with Crippen LogP contribution in [0.15, 0.2) is 42.5 Å². The van der Waals surface area contributed by atoms with Crippen molar-refractivity contribution in [3.05, 3.63) is 64.4 Å². The highest BCUT2D eigenvalue weighted by Gasteiger charge is 2.45. The van der Waals surface area contributed by atoms with E-state index in [1.54, 1.807) is 29.2 Å². The first-order valence-electron chi connectivity index (χ1n) is 8.18. The third-order valence-electron chi connectivity index (χ3n) is 5.19. The molecule has 0 unspecified atom stereocenters. The van der Waals surface area contributed by atoms with Crippen LogP contribution in [0.4, 0.5) is 10.1 Å². The van der Waals surface area contributed by atoms with E-state index in [4.69, 9.17) is 11.6 Å². The molecule has 0 aliphatic carbocycles. The molecule has 3 nitrogen and oxygen atoms in total. The number of anilines is 1. The minimum Gasteiger partial charge on any atom is -0.317 e. The van der Waals surface area contributed by atoms with Crippen LogP contribution in [0.3, 0.4) is 0 Å². The summed E-state index contributed by atoms with van der Waals surface area (Å²) < 4.78 is 14.1. The van der Waals surface area contributed by atoms with Gasteiger partial charge in [-0.15, -0.1) is 0 Å². The number of piperidine rings is 1. The molecule has 0 bridgehead atoms. The number of carbonyl (C=O) groups excluding carboxylic acids is 1. The van der Waals surface area contributed by atoms with Crippen LogP contribution in [0, 0.1) is 5.82 Å². The van der Waals surface area contributed by atoms with Gasteiger partial charge in [0, 0.05) is 22.7 Å². The number of hydrogen-bond acceptors (Lipinski definition) is 2. The number of nitrogens with zero attached hydrogens (tertiary/aromatic N) is 1. The molecule has 2 heterocycles. The van der Waals surface area contributed by atoms with Crippen molar-refractivity contribution >= 4 is 23.2 Å². The molecule has 1 saturated heterocycles. The molecule has 5 heteroatoms. The van der Waals surface area contributed by atoms with Gasteiger partial charge >= 0.3 is 0 Å². The average molecular weight is 345 g/mol. The third kappa shape index (κ3) is 2.41. The molecule has 0 saturated carbocycles. The third-order valence-corrected chi connectivity index (χ3v) is 5.43. The Morgan fingerprint density at radius 1 is 1.17 bits per heavy atom. The highest BCUT2D eigenvalue weighted by atomic mass is 35.5. The standard InChI is InChI=1S/C19H18ClFN2O/c20-13-5-6-17-15(11-13)19(7-9-22-10-8-19)12-23(17)18(24)14-3-1-2-4-16(14)21/h1-6,11,22H,7-10,12H2. The van der Waals surface area contributed by atoms with Crippen LogP contribution >= 0.6 is 11.6 Å². The van der Waals surface area contributed by atoms with Gasteiger partial charge in [-0.3, -0.25) is 4.79 Å². The predicted molar refractivity (Wildman–Crippen MR) is 93.3 cm³/mol. The van der Waals surface area contributed by atoms with E-state index in [1.165, 1.54) is 6.07 Å². The maximum Gasteiger partial charge on any atom is 0.261 e. The highest BCUT2D eigenvalue weighted by molar-refractivity contribution is 6.30. The van der Waals surface area contributed by atoms with Gasteiger partial charge in [0.15, 0.2) is 0 Å². The molecule has 0 atom stereocenters. The Morgan fingerprint density at radius 3 is 2.67 bits per heavy atom. The summed E-state index contributed by atoms with van der Waals surface area (Å²) in [6, 6.07) is 11.8. The summed E-state index contributed by atoms with van der Waals surface area (Å²) in [5, 5.41) is 4.04. The van der Waals surface area contributed by atoms with E-state index in [1.807, 2.05) is 12.1 Å². The van der Waals surface area contributed by atoms with Crippen LogP contribution in [0.1, 0.15) is 28.8 Å². The van der Waals surface area contributed by atoms with Gasteiger partial charge in [0.2, 0.25) is 0 Å². The molecular formula is C19H18ClFN2O. The SMILES string of the molecule is O=C(c1ccccc1F)N1CC2(CCNCC2)c2cc(Cl)ccc21. The summed E-state index contributed by atoms with van der Waals surface area (Å²) in [5.74, 6) is -0.767. The normalized spacial score (nSPS) is 18.7. The molecule has 2 aliphatic heterocycles. The molecule has 124 valence electrons. The fraction of sp³-hybridized carbons (Fsp3) is 0.316. The summed E-state index contributed by atoms with van der Waals surface area (Å²) >= 11 is 6.22. The maximum absolute atomic E-state index is 14.1. The molecule has 1 amide bonds. The Hall–Kier alpha value is -1.91. The molecule has 1 spiro atoms. The molecule has 2 aliphatic rings. The number of hydrogen-bond donors (Lipinski definition) is 1. The molecule has 0 radical (unpaired) electrons. The Labute approximate surface area is 145 Å². The van der Waals surface area contributed by atoms with Crippen molar-refractivity contribution in [3.8, 4) is 0 Å².